The fraction of sp³-hybridized carbons (Fsp3) is 0.133. The van der Waals surface area contributed by atoms with Gasteiger partial charge in [-0.15, -0.1) is 0 Å². The van der Waals surface area contributed by atoms with E-state index in [-0.39, 0.29) is 11.7 Å². The zero-order valence-corrected chi connectivity index (χ0v) is 11.6. The van der Waals surface area contributed by atoms with Crippen LogP contribution in [0.2, 0.25) is 5.02 Å². The molecule has 5 heteroatoms. The molecule has 0 aliphatic heterocycles. The van der Waals surface area contributed by atoms with E-state index in [4.69, 9.17) is 17.3 Å². The standard InChI is InChI=1S/C15H14ClFN2O/c1-9(13-4-2-3-5-14(13)17)19-15(20)10-6-11(16)8-12(18)7-10/h2-9H,18H2,1H3,(H,19,20)/t9-/m1/s1. The van der Waals surface area contributed by atoms with Gasteiger partial charge in [-0.05, 0) is 31.2 Å². The Balaban J connectivity index is 2.17. The molecule has 0 bridgehead atoms. The Kier molecular flexibility index (Phi) is 4.25. The van der Waals surface area contributed by atoms with Gasteiger partial charge in [0.1, 0.15) is 5.82 Å². The summed E-state index contributed by atoms with van der Waals surface area (Å²) in [5.41, 5.74) is 6.81. The second-order valence-electron chi connectivity index (χ2n) is 4.49. The number of hydrogen-bond donors (Lipinski definition) is 2. The summed E-state index contributed by atoms with van der Waals surface area (Å²) in [5.74, 6) is -0.708. The highest BCUT2D eigenvalue weighted by atomic mass is 35.5. The highest BCUT2D eigenvalue weighted by molar-refractivity contribution is 6.31. The smallest absolute Gasteiger partial charge is 0.251 e. The molecule has 0 spiro atoms. The van der Waals surface area contributed by atoms with Crippen LogP contribution in [0.3, 0.4) is 0 Å². The van der Waals surface area contributed by atoms with Crippen LogP contribution in [0, 0.1) is 5.82 Å². The van der Waals surface area contributed by atoms with Gasteiger partial charge < -0.3 is 11.1 Å². The number of benzene rings is 2. The molecule has 0 saturated carbocycles. The van der Waals surface area contributed by atoms with Crippen LogP contribution in [0.5, 0.6) is 0 Å². The van der Waals surface area contributed by atoms with Gasteiger partial charge in [-0.3, -0.25) is 4.79 Å². The number of carbonyl (C=O) groups excluding carboxylic acids is 1. The molecule has 0 aliphatic rings. The van der Waals surface area contributed by atoms with Crippen molar-refractivity contribution >= 4 is 23.2 Å². The van der Waals surface area contributed by atoms with Crippen LogP contribution in [0.25, 0.3) is 0 Å². The number of amides is 1. The van der Waals surface area contributed by atoms with E-state index in [0.29, 0.717) is 21.8 Å². The zero-order valence-electron chi connectivity index (χ0n) is 10.9. The zero-order chi connectivity index (χ0) is 14.7. The maximum atomic E-state index is 13.6. The van der Waals surface area contributed by atoms with Crippen molar-refractivity contribution in [1.29, 1.82) is 0 Å². The van der Waals surface area contributed by atoms with Crippen molar-refractivity contribution in [3.63, 3.8) is 0 Å². The first kappa shape index (κ1) is 14.3. The number of carbonyl (C=O) groups is 1. The van der Waals surface area contributed by atoms with Crippen LogP contribution in [-0.2, 0) is 0 Å². The number of nitrogen functional groups attached to an aromatic ring is 1. The highest BCUT2D eigenvalue weighted by Gasteiger charge is 2.15. The third-order valence-corrected chi connectivity index (χ3v) is 3.12. The lowest BCUT2D eigenvalue weighted by Gasteiger charge is -2.15. The topological polar surface area (TPSA) is 55.1 Å². The van der Waals surface area contributed by atoms with Crippen molar-refractivity contribution in [3.05, 3.63) is 64.4 Å². The van der Waals surface area contributed by atoms with Gasteiger partial charge in [0.15, 0.2) is 0 Å². The second kappa shape index (κ2) is 5.92. The minimum absolute atomic E-state index is 0.346. The third kappa shape index (κ3) is 3.27. The number of rotatable bonds is 3. The molecule has 0 fully saturated rings. The first-order valence-corrected chi connectivity index (χ1v) is 6.46. The predicted octanol–water partition coefficient (Wildman–Crippen LogP) is 3.55. The van der Waals surface area contributed by atoms with Gasteiger partial charge in [0.25, 0.3) is 5.91 Å². The SMILES string of the molecule is C[C@@H](NC(=O)c1cc(N)cc(Cl)c1)c1ccccc1F. The van der Waals surface area contributed by atoms with Gasteiger partial charge in [-0.25, -0.2) is 4.39 Å². The van der Waals surface area contributed by atoms with Gasteiger partial charge in [0.2, 0.25) is 0 Å². The van der Waals surface area contributed by atoms with Crippen molar-refractivity contribution < 1.29 is 9.18 Å². The molecule has 3 nitrogen and oxygen atoms in total. The summed E-state index contributed by atoms with van der Waals surface area (Å²) >= 11 is 5.85. The van der Waals surface area contributed by atoms with E-state index in [9.17, 15) is 9.18 Å². The van der Waals surface area contributed by atoms with Gasteiger partial charge in [-0.1, -0.05) is 29.8 Å². The molecule has 2 rings (SSSR count). The maximum absolute atomic E-state index is 13.6. The molecule has 0 radical (unpaired) electrons. The summed E-state index contributed by atoms with van der Waals surface area (Å²) in [4.78, 5) is 12.1. The number of nitrogens with one attached hydrogen (secondary N) is 1. The third-order valence-electron chi connectivity index (χ3n) is 2.90. The molecule has 1 atom stereocenters. The number of hydrogen-bond acceptors (Lipinski definition) is 2. The van der Waals surface area contributed by atoms with E-state index in [2.05, 4.69) is 5.32 Å². The molecule has 0 saturated heterocycles. The van der Waals surface area contributed by atoms with Crippen LogP contribution in [0.1, 0.15) is 28.9 Å². The monoisotopic (exact) mass is 292 g/mol. The van der Waals surface area contributed by atoms with Crippen LogP contribution in [-0.4, -0.2) is 5.91 Å². The summed E-state index contributed by atoms with van der Waals surface area (Å²) in [7, 11) is 0. The summed E-state index contributed by atoms with van der Waals surface area (Å²) in [6.45, 7) is 1.71. The normalized spacial score (nSPS) is 11.9. The summed E-state index contributed by atoms with van der Waals surface area (Å²) in [6.07, 6.45) is 0. The van der Waals surface area contributed by atoms with Crippen LogP contribution in [0.15, 0.2) is 42.5 Å². The molecule has 2 aromatic rings. The largest absolute Gasteiger partial charge is 0.399 e. The van der Waals surface area contributed by atoms with Crippen LogP contribution >= 0.6 is 11.6 Å². The van der Waals surface area contributed by atoms with E-state index in [0.717, 1.165) is 0 Å². The van der Waals surface area contributed by atoms with Gasteiger partial charge in [0.05, 0.1) is 6.04 Å². The van der Waals surface area contributed by atoms with E-state index in [1.807, 2.05) is 0 Å². The fourth-order valence-electron chi connectivity index (χ4n) is 1.93. The molecule has 3 N–H and O–H groups in total. The fourth-order valence-corrected chi connectivity index (χ4v) is 2.17. The Morgan fingerprint density at radius 2 is 2.00 bits per heavy atom. The molecule has 0 heterocycles. The molecule has 0 aromatic heterocycles. The summed E-state index contributed by atoms with van der Waals surface area (Å²) in [6, 6.07) is 10.4. The molecule has 1 amide bonds. The average Bonchev–Trinajstić information content (AvgIpc) is 2.37. The van der Waals surface area contributed by atoms with E-state index < -0.39 is 6.04 Å². The number of nitrogens with two attached hydrogens (primary N) is 1. The Morgan fingerprint density at radius 1 is 1.30 bits per heavy atom. The molecule has 0 unspecified atom stereocenters. The van der Waals surface area contributed by atoms with Crippen molar-refractivity contribution in [1.82, 2.24) is 5.32 Å². The quantitative estimate of drug-likeness (QED) is 0.850. The van der Waals surface area contributed by atoms with Crippen LogP contribution in [0.4, 0.5) is 10.1 Å². The van der Waals surface area contributed by atoms with Crippen molar-refractivity contribution in [2.75, 3.05) is 5.73 Å². The molecular formula is C15H14ClFN2O. The maximum Gasteiger partial charge on any atom is 0.251 e. The Hall–Kier alpha value is -2.07. The van der Waals surface area contributed by atoms with Gasteiger partial charge in [0, 0.05) is 21.8 Å². The minimum Gasteiger partial charge on any atom is -0.399 e. The average molecular weight is 293 g/mol. The second-order valence-corrected chi connectivity index (χ2v) is 4.93. The van der Waals surface area contributed by atoms with Gasteiger partial charge in [-0.2, -0.15) is 0 Å². The first-order valence-electron chi connectivity index (χ1n) is 6.08. The molecule has 104 valence electrons. The lowest BCUT2D eigenvalue weighted by molar-refractivity contribution is 0.0939. The van der Waals surface area contributed by atoms with Crippen LogP contribution < -0.4 is 11.1 Å². The molecule has 0 aliphatic carbocycles. The molecular weight excluding hydrogens is 279 g/mol. The van der Waals surface area contributed by atoms with Gasteiger partial charge >= 0.3 is 0 Å². The lowest BCUT2D eigenvalue weighted by Crippen LogP contribution is -2.27. The van der Waals surface area contributed by atoms with E-state index in [1.165, 1.54) is 18.2 Å². The lowest BCUT2D eigenvalue weighted by atomic mass is 10.1. The van der Waals surface area contributed by atoms with Crippen molar-refractivity contribution in [2.24, 2.45) is 0 Å². The number of anilines is 1. The van der Waals surface area contributed by atoms with E-state index in [1.54, 1.807) is 31.2 Å². The Labute approximate surface area is 121 Å². The van der Waals surface area contributed by atoms with Crippen molar-refractivity contribution in [3.8, 4) is 0 Å². The highest BCUT2D eigenvalue weighted by Crippen LogP contribution is 2.19. The minimum atomic E-state index is -0.455. The molecule has 2 aromatic carbocycles. The van der Waals surface area contributed by atoms with E-state index >= 15 is 0 Å². The summed E-state index contributed by atoms with van der Waals surface area (Å²) in [5, 5.41) is 3.10. The Morgan fingerprint density at radius 3 is 2.65 bits per heavy atom. The summed E-state index contributed by atoms with van der Waals surface area (Å²) < 4.78 is 13.6. The predicted molar refractivity (Wildman–Crippen MR) is 78.1 cm³/mol. The molecule has 20 heavy (non-hydrogen) atoms. The van der Waals surface area contributed by atoms with Crippen molar-refractivity contribution in [2.45, 2.75) is 13.0 Å². The Bertz CT molecular complexity index is 625. The first-order chi connectivity index (χ1) is 9.47. The number of halogens is 2.